The summed E-state index contributed by atoms with van der Waals surface area (Å²) in [6.07, 6.45) is 0.964. The summed E-state index contributed by atoms with van der Waals surface area (Å²) in [4.78, 5) is 35.0. The van der Waals surface area contributed by atoms with Crippen LogP contribution in [0, 0.1) is 11.8 Å². The number of rotatable bonds is 4. The summed E-state index contributed by atoms with van der Waals surface area (Å²) in [5, 5.41) is 20.6. The first-order valence-electron chi connectivity index (χ1n) is 5.95. The number of nitrogens with zero attached hydrogens (tertiary/aromatic N) is 1. The monoisotopic (exact) mass is 258 g/mol. The van der Waals surface area contributed by atoms with Crippen molar-refractivity contribution in [1.82, 2.24) is 10.2 Å². The lowest BCUT2D eigenvalue weighted by atomic mass is 9.86. The summed E-state index contributed by atoms with van der Waals surface area (Å²) in [7, 11) is 0. The Hall–Kier alpha value is -1.79. The van der Waals surface area contributed by atoms with Gasteiger partial charge in [0.1, 0.15) is 0 Å². The molecule has 1 rings (SSSR count). The molecule has 0 radical (unpaired) electrons. The number of piperidine rings is 1. The number of hydrogen-bond acceptors (Lipinski definition) is 3. The molecule has 0 saturated carbocycles. The first-order valence-corrected chi connectivity index (χ1v) is 5.95. The van der Waals surface area contributed by atoms with Gasteiger partial charge in [-0.3, -0.25) is 9.59 Å². The number of hydrogen-bond donors (Lipinski definition) is 3. The molecule has 0 aromatic rings. The molecule has 1 heterocycles. The molecule has 102 valence electrons. The van der Waals surface area contributed by atoms with Gasteiger partial charge in [0, 0.05) is 19.6 Å². The zero-order chi connectivity index (χ0) is 13.7. The van der Waals surface area contributed by atoms with E-state index in [-0.39, 0.29) is 25.5 Å². The molecule has 0 bridgehead atoms. The maximum Gasteiger partial charge on any atom is 0.317 e. The molecular weight excluding hydrogens is 240 g/mol. The van der Waals surface area contributed by atoms with E-state index in [4.69, 9.17) is 10.2 Å². The van der Waals surface area contributed by atoms with Gasteiger partial charge in [0.15, 0.2) is 0 Å². The van der Waals surface area contributed by atoms with Gasteiger partial charge in [-0.2, -0.15) is 0 Å². The molecule has 2 amide bonds. The fourth-order valence-corrected chi connectivity index (χ4v) is 2.03. The normalized spacial score (nSPS) is 23.5. The number of amides is 2. The summed E-state index contributed by atoms with van der Waals surface area (Å²) in [6, 6.07) is -0.327. The predicted molar refractivity (Wildman–Crippen MR) is 62.1 cm³/mol. The van der Waals surface area contributed by atoms with Crippen LogP contribution in [0.4, 0.5) is 4.79 Å². The molecule has 1 saturated heterocycles. The molecule has 0 aliphatic carbocycles. The molecule has 3 N–H and O–H groups in total. The molecule has 2 atom stereocenters. The number of nitrogens with one attached hydrogen (secondary N) is 1. The van der Waals surface area contributed by atoms with E-state index in [0.717, 1.165) is 6.42 Å². The van der Waals surface area contributed by atoms with Crippen molar-refractivity contribution in [2.75, 3.05) is 19.6 Å². The van der Waals surface area contributed by atoms with E-state index in [2.05, 4.69) is 5.32 Å². The van der Waals surface area contributed by atoms with E-state index >= 15 is 0 Å². The van der Waals surface area contributed by atoms with Gasteiger partial charge in [0.25, 0.3) is 0 Å². The summed E-state index contributed by atoms with van der Waals surface area (Å²) in [5.74, 6) is -4.24. The van der Waals surface area contributed by atoms with Crippen LogP contribution in [0.5, 0.6) is 0 Å². The second-order valence-electron chi connectivity index (χ2n) is 4.36. The fourth-order valence-electron chi connectivity index (χ4n) is 2.03. The number of carbonyl (C=O) groups excluding carboxylic acids is 1. The molecule has 18 heavy (non-hydrogen) atoms. The van der Waals surface area contributed by atoms with Gasteiger partial charge in [-0.25, -0.2) is 4.79 Å². The van der Waals surface area contributed by atoms with Crippen molar-refractivity contribution in [1.29, 1.82) is 0 Å². The molecular formula is C11H18N2O5. The highest BCUT2D eigenvalue weighted by Gasteiger charge is 2.39. The minimum atomic E-state index is -1.17. The summed E-state index contributed by atoms with van der Waals surface area (Å²) in [6.45, 7) is 2.66. The van der Waals surface area contributed by atoms with Crippen LogP contribution in [-0.2, 0) is 9.59 Å². The topological polar surface area (TPSA) is 107 Å². The summed E-state index contributed by atoms with van der Waals surface area (Å²) in [5.41, 5.74) is 0. The minimum absolute atomic E-state index is 0.0537. The summed E-state index contributed by atoms with van der Waals surface area (Å²) >= 11 is 0. The fraction of sp³-hybridized carbons (Fsp3) is 0.727. The molecule has 2 unspecified atom stereocenters. The van der Waals surface area contributed by atoms with Gasteiger partial charge in [-0.05, 0) is 12.8 Å². The maximum absolute atomic E-state index is 11.7. The predicted octanol–water partition coefficient (Wildman–Crippen LogP) is 0.213. The largest absolute Gasteiger partial charge is 0.481 e. The number of carboxylic acid groups (broad SMARTS) is 2. The number of carbonyl (C=O) groups is 3. The van der Waals surface area contributed by atoms with Crippen molar-refractivity contribution < 1.29 is 24.6 Å². The Labute approximate surface area is 105 Å². The average Bonchev–Trinajstić information content (AvgIpc) is 2.34. The Bertz CT molecular complexity index is 344. The van der Waals surface area contributed by atoms with Crippen molar-refractivity contribution >= 4 is 18.0 Å². The van der Waals surface area contributed by atoms with Crippen LogP contribution >= 0.6 is 0 Å². The highest BCUT2D eigenvalue weighted by molar-refractivity contribution is 5.82. The maximum atomic E-state index is 11.7. The molecule has 1 aliphatic rings. The third-order valence-corrected chi connectivity index (χ3v) is 3.06. The molecule has 0 aromatic carbocycles. The van der Waals surface area contributed by atoms with E-state index in [1.807, 2.05) is 6.92 Å². The van der Waals surface area contributed by atoms with E-state index in [9.17, 15) is 14.4 Å². The smallest absolute Gasteiger partial charge is 0.317 e. The lowest BCUT2D eigenvalue weighted by molar-refractivity contribution is -0.156. The zero-order valence-electron chi connectivity index (χ0n) is 10.3. The van der Waals surface area contributed by atoms with Crippen LogP contribution in [0.3, 0.4) is 0 Å². The standard InChI is InChI=1S/C11H18N2O5/c1-2-4-12-11(18)13-5-3-7(9(14)15)8(6-13)10(16)17/h7-8H,2-6H2,1H3,(H,12,18)(H,14,15)(H,16,17). The third kappa shape index (κ3) is 3.35. The Kier molecular flexibility index (Phi) is 4.94. The number of aliphatic carboxylic acids is 2. The third-order valence-electron chi connectivity index (χ3n) is 3.06. The van der Waals surface area contributed by atoms with Crippen molar-refractivity contribution in [3.05, 3.63) is 0 Å². The second kappa shape index (κ2) is 6.23. The molecule has 7 nitrogen and oxygen atoms in total. The van der Waals surface area contributed by atoms with E-state index in [0.29, 0.717) is 6.54 Å². The number of carboxylic acids is 2. The average molecular weight is 258 g/mol. The summed E-state index contributed by atoms with van der Waals surface area (Å²) < 4.78 is 0. The first-order chi connectivity index (χ1) is 8.47. The van der Waals surface area contributed by atoms with E-state index in [1.165, 1.54) is 4.90 Å². The molecule has 1 aliphatic heterocycles. The number of urea groups is 1. The van der Waals surface area contributed by atoms with Crippen LogP contribution < -0.4 is 5.32 Å². The molecule has 7 heteroatoms. The lowest BCUT2D eigenvalue weighted by Crippen LogP contribution is -2.51. The Balaban J connectivity index is 2.65. The minimum Gasteiger partial charge on any atom is -0.481 e. The number of likely N-dealkylation sites (tertiary alicyclic amines) is 1. The van der Waals surface area contributed by atoms with Crippen molar-refractivity contribution in [2.24, 2.45) is 11.8 Å². The van der Waals surface area contributed by atoms with Crippen molar-refractivity contribution in [2.45, 2.75) is 19.8 Å². The van der Waals surface area contributed by atoms with Crippen LogP contribution in [0.1, 0.15) is 19.8 Å². The van der Waals surface area contributed by atoms with Crippen LogP contribution in [-0.4, -0.2) is 52.7 Å². The van der Waals surface area contributed by atoms with Gasteiger partial charge in [-0.15, -0.1) is 0 Å². The van der Waals surface area contributed by atoms with Crippen molar-refractivity contribution in [3.63, 3.8) is 0 Å². The van der Waals surface area contributed by atoms with Gasteiger partial charge in [-0.1, -0.05) is 6.92 Å². The van der Waals surface area contributed by atoms with Gasteiger partial charge in [0.05, 0.1) is 11.8 Å². The molecule has 0 aromatic heterocycles. The van der Waals surface area contributed by atoms with Gasteiger partial charge < -0.3 is 20.4 Å². The quantitative estimate of drug-likeness (QED) is 0.668. The lowest BCUT2D eigenvalue weighted by Gasteiger charge is -2.34. The first kappa shape index (κ1) is 14.3. The van der Waals surface area contributed by atoms with E-state index < -0.39 is 23.8 Å². The highest BCUT2D eigenvalue weighted by atomic mass is 16.4. The highest BCUT2D eigenvalue weighted by Crippen LogP contribution is 2.24. The molecule has 0 spiro atoms. The second-order valence-corrected chi connectivity index (χ2v) is 4.36. The van der Waals surface area contributed by atoms with Gasteiger partial charge >= 0.3 is 18.0 Å². The zero-order valence-corrected chi connectivity index (χ0v) is 10.3. The Morgan fingerprint density at radius 1 is 1.22 bits per heavy atom. The van der Waals surface area contributed by atoms with Crippen LogP contribution in [0.15, 0.2) is 0 Å². The van der Waals surface area contributed by atoms with Crippen LogP contribution in [0.25, 0.3) is 0 Å². The van der Waals surface area contributed by atoms with Gasteiger partial charge in [0.2, 0.25) is 0 Å². The van der Waals surface area contributed by atoms with Crippen LogP contribution in [0.2, 0.25) is 0 Å². The van der Waals surface area contributed by atoms with E-state index in [1.54, 1.807) is 0 Å². The Morgan fingerprint density at radius 2 is 1.83 bits per heavy atom. The van der Waals surface area contributed by atoms with Crippen molar-refractivity contribution in [3.8, 4) is 0 Å². The Morgan fingerprint density at radius 3 is 2.33 bits per heavy atom. The molecule has 1 fully saturated rings. The SMILES string of the molecule is CCCNC(=O)N1CCC(C(=O)O)C(C(=O)O)C1.